The van der Waals surface area contributed by atoms with Crippen LogP contribution >= 0.6 is 31.9 Å². The molecule has 1 aromatic carbocycles. The van der Waals surface area contributed by atoms with Crippen molar-refractivity contribution in [2.45, 2.75) is 25.7 Å². The third kappa shape index (κ3) is 4.57. The number of halogens is 2. The molecular formula is C16H22Br2O. The maximum atomic E-state index is 5.48. The zero-order valence-electron chi connectivity index (χ0n) is 11.3. The molecule has 1 heterocycles. The van der Waals surface area contributed by atoms with Gasteiger partial charge < -0.3 is 4.74 Å². The van der Waals surface area contributed by atoms with Gasteiger partial charge in [0.1, 0.15) is 0 Å². The Morgan fingerprint density at radius 2 is 1.68 bits per heavy atom. The Balaban J connectivity index is 2.03. The summed E-state index contributed by atoms with van der Waals surface area (Å²) in [4.78, 5) is 0. The van der Waals surface area contributed by atoms with Gasteiger partial charge in [-0.05, 0) is 42.6 Å². The first-order chi connectivity index (χ1) is 9.28. The summed E-state index contributed by atoms with van der Waals surface area (Å²) < 4.78 is 5.48. The molecule has 0 radical (unpaired) electrons. The molecule has 1 aromatic rings. The lowest BCUT2D eigenvalue weighted by Gasteiger charge is -2.35. The van der Waals surface area contributed by atoms with Gasteiger partial charge in [0.2, 0.25) is 0 Å². The maximum Gasteiger partial charge on any atom is 0.0468 e. The predicted molar refractivity (Wildman–Crippen MR) is 88.3 cm³/mol. The molecule has 1 aliphatic rings. The van der Waals surface area contributed by atoms with Crippen molar-refractivity contribution < 1.29 is 4.74 Å². The number of rotatable bonds is 6. The van der Waals surface area contributed by atoms with E-state index in [1.807, 2.05) is 0 Å². The molecule has 0 aromatic heterocycles. The molecule has 0 unspecified atom stereocenters. The Kier molecular flexibility index (Phi) is 6.37. The number of ether oxygens (including phenoxy) is 1. The highest BCUT2D eigenvalue weighted by Gasteiger charge is 2.32. The summed E-state index contributed by atoms with van der Waals surface area (Å²) in [5.74, 6) is 0.813. The van der Waals surface area contributed by atoms with E-state index in [4.69, 9.17) is 4.74 Å². The molecule has 19 heavy (non-hydrogen) atoms. The Bertz CT molecular complexity index is 356. The van der Waals surface area contributed by atoms with Gasteiger partial charge in [-0.25, -0.2) is 0 Å². The first kappa shape index (κ1) is 15.5. The van der Waals surface area contributed by atoms with Gasteiger partial charge in [0, 0.05) is 23.9 Å². The molecule has 1 fully saturated rings. The fourth-order valence-corrected chi connectivity index (χ4v) is 4.69. The van der Waals surface area contributed by atoms with Crippen LogP contribution in [0.1, 0.15) is 24.8 Å². The zero-order valence-corrected chi connectivity index (χ0v) is 14.5. The van der Waals surface area contributed by atoms with E-state index in [0.29, 0.717) is 5.41 Å². The summed E-state index contributed by atoms with van der Waals surface area (Å²) in [5, 5.41) is 2.11. The maximum absolute atomic E-state index is 5.48. The van der Waals surface area contributed by atoms with E-state index in [2.05, 4.69) is 62.2 Å². The molecule has 0 bridgehead atoms. The van der Waals surface area contributed by atoms with Gasteiger partial charge in [0.05, 0.1) is 0 Å². The van der Waals surface area contributed by atoms with Crippen molar-refractivity contribution >= 4 is 31.9 Å². The molecule has 1 nitrogen and oxygen atoms in total. The summed E-state index contributed by atoms with van der Waals surface area (Å²) in [6.45, 7) is 1.88. The van der Waals surface area contributed by atoms with E-state index in [9.17, 15) is 0 Å². The molecule has 0 N–H and O–H groups in total. The number of hydrogen-bond acceptors (Lipinski definition) is 1. The molecule has 1 aliphatic heterocycles. The van der Waals surface area contributed by atoms with E-state index in [-0.39, 0.29) is 0 Å². The molecular weight excluding hydrogens is 368 g/mol. The summed E-state index contributed by atoms with van der Waals surface area (Å²) in [7, 11) is 0. The van der Waals surface area contributed by atoms with Crippen LogP contribution in [0.2, 0.25) is 0 Å². The largest absolute Gasteiger partial charge is 0.381 e. The summed E-state index contributed by atoms with van der Waals surface area (Å²) in [6, 6.07) is 10.8. The minimum absolute atomic E-state index is 0.323. The van der Waals surface area contributed by atoms with Gasteiger partial charge in [-0.2, -0.15) is 0 Å². The van der Waals surface area contributed by atoms with E-state index < -0.39 is 0 Å². The fraction of sp³-hybridized carbons (Fsp3) is 0.625. The van der Waals surface area contributed by atoms with Gasteiger partial charge in [-0.15, -0.1) is 0 Å². The lowest BCUT2D eigenvalue weighted by atomic mass is 9.76. The highest BCUT2D eigenvalue weighted by molar-refractivity contribution is 9.09. The topological polar surface area (TPSA) is 9.23 Å². The second-order valence-electron chi connectivity index (χ2n) is 5.69. The first-order valence-corrected chi connectivity index (χ1v) is 9.26. The lowest BCUT2D eigenvalue weighted by molar-refractivity contribution is 0.0525. The number of benzene rings is 1. The first-order valence-electron chi connectivity index (χ1n) is 7.02. The SMILES string of the molecule is BrCC(CBr)(Cc1ccccc1)CC1CCOCC1. The van der Waals surface area contributed by atoms with Crippen molar-refractivity contribution in [2.24, 2.45) is 11.3 Å². The normalized spacial score (nSPS) is 17.6. The smallest absolute Gasteiger partial charge is 0.0468 e. The van der Waals surface area contributed by atoms with Gasteiger partial charge in [-0.1, -0.05) is 62.2 Å². The van der Waals surface area contributed by atoms with Crippen molar-refractivity contribution in [3.8, 4) is 0 Å². The van der Waals surface area contributed by atoms with E-state index >= 15 is 0 Å². The van der Waals surface area contributed by atoms with Crippen LogP contribution in [0.4, 0.5) is 0 Å². The fourth-order valence-electron chi connectivity index (χ4n) is 2.90. The van der Waals surface area contributed by atoms with Crippen molar-refractivity contribution in [1.82, 2.24) is 0 Å². The van der Waals surface area contributed by atoms with Crippen LogP contribution in [0.25, 0.3) is 0 Å². The lowest BCUT2D eigenvalue weighted by Crippen LogP contribution is -2.32. The molecule has 0 spiro atoms. The highest BCUT2D eigenvalue weighted by Crippen LogP contribution is 2.37. The van der Waals surface area contributed by atoms with Crippen LogP contribution in [0.5, 0.6) is 0 Å². The molecule has 0 amide bonds. The van der Waals surface area contributed by atoms with Crippen LogP contribution < -0.4 is 0 Å². The average Bonchev–Trinajstić information content (AvgIpc) is 2.48. The van der Waals surface area contributed by atoms with Crippen LogP contribution in [0, 0.1) is 11.3 Å². The molecule has 2 rings (SSSR count). The number of hydrogen-bond donors (Lipinski definition) is 0. The molecule has 106 valence electrons. The van der Waals surface area contributed by atoms with Crippen LogP contribution in [-0.4, -0.2) is 23.9 Å². The van der Waals surface area contributed by atoms with Gasteiger partial charge in [0.15, 0.2) is 0 Å². The molecule has 0 saturated carbocycles. The van der Waals surface area contributed by atoms with E-state index in [0.717, 1.165) is 36.2 Å². The van der Waals surface area contributed by atoms with Crippen molar-refractivity contribution in [1.29, 1.82) is 0 Å². The van der Waals surface area contributed by atoms with Gasteiger partial charge >= 0.3 is 0 Å². The minimum Gasteiger partial charge on any atom is -0.381 e. The standard InChI is InChI=1S/C16H22Br2O/c17-12-16(13-18,10-14-4-2-1-3-5-14)11-15-6-8-19-9-7-15/h1-5,15H,6-13H2. The van der Waals surface area contributed by atoms with Crippen molar-refractivity contribution in [2.75, 3.05) is 23.9 Å². The Labute approximate surface area is 133 Å². The third-order valence-electron chi connectivity index (χ3n) is 4.05. The van der Waals surface area contributed by atoms with E-state index in [1.54, 1.807) is 0 Å². The Hall–Kier alpha value is 0.140. The quantitative estimate of drug-likeness (QED) is 0.633. The average molecular weight is 390 g/mol. The van der Waals surface area contributed by atoms with E-state index in [1.165, 1.54) is 24.8 Å². The minimum atomic E-state index is 0.323. The van der Waals surface area contributed by atoms with Crippen molar-refractivity contribution in [3.63, 3.8) is 0 Å². The van der Waals surface area contributed by atoms with Crippen LogP contribution in [-0.2, 0) is 11.2 Å². The highest BCUT2D eigenvalue weighted by atomic mass is 79.9. The predicted octanol–water partition coefficient (Wildman–Crippen LogP) is 4.82. The van der Waals surface area contributed by atoms with Crippen LogP contribution in [0.15, 0.2) is 30.3 Å². The Morgan fingerprint density at radius 3 is 2.26 bits per heavy atom. The molecule has 0 atom stereocenters. The van der Waals surface area contributed by atoms with Crippen LogP contribution in [0.3, 0.4) is 0 Å². The third-order valence-corrected chi connectivity index (χ3v) is 6.43. The summed E-state index contributed by atoms with van der Waals surface area (Å²) in [6.07, 6.45) is 4.86. The monoisotopic (exact) mass is 388 g/mol. The van der Waals surface area contributed by atoms with Gasteiger partial charge in [0.25, 0.3) is 0 Å². The Morgan fingerprint density at radius 1 is 1.05 bits per heavy atom. The zero-order chi connectivity index (χ0) is 13.6. The van der Waals surface area contributed by atoms with Crippen molar-refractivity contribution in [3.05, 3.63) is 35.9 Å². The summed E-state index contributed by atoms with van der Waals surface area (Å²) in [5.41, 5.74) is 1.76. The number of alkyl halides is 2. The van der Waals surface area contributed by atoms with Gasteiger partial charge in [-0.3, -0.25) is 0 Å². The second kappa shape index (κ2) is 7.80. The molecule has 3 heteroatoms. The summed E-state index contributed by atoms with van der Waals surface area (Å²) >= 11 is 7.51. The molecule has 1 saturated heterocycles. The molecule has 0 aliphatic carbocycles. The second-order valence-corrected chi connectivity index (χ2v) is 6.81.